The number of rotatable bonds is 8. The van der Waals surface area contributed by atoms with Crippen molar-refractivity contribution in [2.45, 2.75) is 59.3 Å². The Morgan fingerprint density at radius 1 is 1.02 bits per heavy atom. The van der Waals surface area contributed by atoms with Gasteiger partial charge in [0.2, 0.25) is 5.91 Å². The summed E-state index contributed by atoms with van der Waals surface area (Å²) in [5, 5.41) is 22.8. The van der Waals surface area contributed by atoms with Crippen molar-refractivity contribution in [2.75, 3.05) is 23.3 Å². The number of benzene rings is 2. The number of ketones is 1. The maximum atomic E-state index is 14.0. The van der Waals surface area contributed by atoms with Crippen molar-refractivity contribution in [3.05, 3.63) is 65.5 Å². The Morgan fingerprint density at radius 2 is 1.80 bits per heavy atom. The molecule has 1 aliphatic heterocycles. The number of anilines is 2. The summed E-state index contributed by atoms with van der Waals surface area (Å²) in [7, 11) is 0. The number of nitrogens with one attached hydrogen (secondary N) is 2. The number of aromatic amines is 1. The van der Waals surface area contributed by atoms with E-state index in [0.29, 0.717) is 23.6 Å². The van der Waals surface area contributed by atoms with Crippen LogP contribution in [-0.4, -0.2) is 62.2 Å². The van der Waals surface area contributed by atoms with Gasteiger partial charge in [-0.05, 0) is 47.0 Å². The summed E-state index contributed by atoms with van der Waals surface area (Å²) in [6, 6.07) is 14.5. The Balaban J connectivity index is 1.43. The lowest BCUT2D eigenvalue weighted by Gasteiger charge is -2.28. The van der Waals surface area contributed by atoms with Crippen LogP contribution in [0.25, 0.3) is 0 Å². The van der Waals surface area contributed by atoms with E-state index in [1.165, 1.54) is 16.3 Å². The summed E-state index contributed by atoms with van der Waals surface area (Å²) >= 11 is 0. The summed E-state index contributed by atoms with van der Waals surface area (Å²) in [4.78, 5) is 42.0. The van der Waals surface area contributed by atoms with Crippen LogP contribution in [0.15, 0.2) is 53.6 Å². The molecule has 2 aromatic carbocycles. The van der Waals surface area contributed by atoms with Crippen LogP contribution in [0.5, 0.6) is 0 Å². The number of urea groups is 1. The van der Waals surface area contributed by atoms with Crippen LogP contribution < -0.4 is 10.2 Å². The minimum atomic E-state index is -0.635. The van der Waals surface area contributed by atoms with Crippen LogP contribution in [0, 0.1) is 11.3 Å². The molecule has 11 nitrogen and oxygen atoms in total. The maximum Gasteiger partial charge on any atom is 0.345 e. The van der Waals surface area contributed by atoms with Crippen LogP contribution in [0.2, 0.25) is 0 Å². The van der Waals surface area contributed by atoms with Gasteiger partial charge in [-0.3, -0.25) is 14.5 Å². The van der Waals surface area contributed by atoms with Gasteiger partial charge < -0.3 is 5.32 Å². The fourth-order valence-electron chi connectivity index (χ4n) is 5.25. The minimum absolute atomic E-state index is 0.0788. The molecule has 1 saturated carbocycles. The van der Waals surface area contributed by atoms with E-state index < -0.39 is 17.4 Å². The van der Waals surface area contributed by atoms with Gasteiger partial charge in [0.25, 0.3) is 0 Å². The van der Waals surface area contributed by atoms with Crippen LogP contribution in [-0.2, 0) is 16.0 Å². The molecule has 2 N–H and O–H groups in total. The van der Waals surface area contributed by atoms with Crippen LogP contribution >= 0.6 is 0 Å². The predicted octanol–water partition coefficient (Wildman–Crippen LogP) is 4.57. The van der Waals surface area contributed by atoms with Gasteiger partial charge in [0.1, 0.15) is 6.54 Å². The number of nitrogens with zero attached hydrogens (tertiary/aromatic N) is 6. The van der Waals surface area contributed by atoms with Crippen molar-refractivity contribution in [1.29, 1.82) is 0 Å². The lowest BCUT2D eigenvalue weighted by Crippen LogP contribution is -2.47. The van der Waals surface area contributed by atoms with Crippen LogP contribution in [0.4, 0.5) is 16.2 Å². The molecule has 1 aliphatic carbocycles. The molecule has 214 valence electrons. The highest BCUT2D eigenvalue weighted by molar-refractivity contribution is 6.13. The summed E-state index contributed by atoms with van der Waals surface area (Å²) < 4.78 is 0. The highest BCUT2D eigenvalue weighted by Crippen LogP contribution is 2.34. The number of fused-ring (bicyclic) bond motifs is 1. The van der Waals surface area contributed by atoms with Crippen LogP contribution in [0.1, 0.15) is 69.8 Å². The van der Waals surface area contributed by atoms with E-state index in [2.05, 4.69) is 25.9 Å². The van der Waals surface area contributed by atoms with Gasteiger partial charge in [0, 0.05) is 29.0 Å². The van der Waals surface area contributed by atoms with Gasteiger partial charge in [-0.1, -0.05) is 70.4 Å². The second kappa shape index (κ2) is 12.0. The molecule has 2 aliphatic rings. The molecule has 0 saturated heterocycles. The molecular weight excluding hydrogens is 520 g/mol. The number of amides is 3. The van der Waals surface area contributed by atoms with Gasteiger partial charge in [-0.15, -0.1) is 5.10 Å². The predicted molar refractivity (Wildman–Crippen MR) is 156 cm³/mol. The quantitative estimate of drug-likeness (QED) is 0.417. The molecule has 0 atom stereocenters. The highest BCUT2D eigenvalue weighted by atomic mass is 16.2. The van der Waals surface area contributed by atoms with Gasteiger partial charge in [0.05, 0.1) is 17.9 Å². The van der Waals surface area contributed by atoms with E-state index >= 15 is 0 Å². The number of hydrogen-bond donors (Lipinski definition) is 2. The number of hydrogen-bond acceptors (Lipinski definition) is 7. The molecule has 5 rings (SSSR count). The first kappa shape index (κ1) is 28.1. The van der Waals surface area contributed by atoms with E-state index in [1.807, 2.05) is 63.2 Å². The smallest absolute Gasteiger partial charge is 0.324 e. The second-order valence-electron chi connectivity index (χ2n) is 11.7. The van der Waals surface area contributed by atoms with Gasteiger partial charge in [-0.25, -0.2) is 14.9 Å². The Hall–Kier alpha value is -4.41. The standard InChI is InChI=1S/C30H36N8O3/c1-30(2,3)25(39)18-37-24-15-8-7-14-23(24)28(21-11-5-4-6-12-21)34-38(29(37)41)19-27(40)31-22-13-9-10-20(16-22)17-26-32-35-36-33-26/h7-10,13-16,21H,4-6,11-12,17-19H2,1-3H3,(H,31,40)(H,32,33,35,36). The number of aromatic nitrogens is 4. The van der Waals surface area contributed by atoms with Gasteiger partial charge in [0.15, 0.2) is 11.6 Å². The summed E-state index contributed by atoms with van der Waals surface area (Å²) in [5.41, 5.74) is 3.15. The van der Waals surface area contributed by atoms with E-state index in [0.717, 1.165) is 42.5 Å². The third kappa shape index (κ3) is 6.67. The molecule has 1 aromatic heterocycles. The number of H-pyrrole nitrogens is 1. The molecule has 0 radical (unpaired) electrons. The third-order valence-electron chi connectivity index (χ3n) is 7.55. The Kier molecular flexibility index (Phi) is 8.23. The summed E-state index contributed by atoms with van der Waals surface area (Å²) in [6.07, 6.45) is 5.77. The van der Waals surface area contributed by atoms with E-state index in [-0.39, 0.29) is 24.8 Å². The fourth-order valence-corrected chi connectivity index (χ4v) is 5.25. The van der Waals surface area contributed by atoms with Crippen molar-refractivity contribution in [3.8, 4) is 0 Å². The zero-order chi connectivity index (χ0) is 29.0. The first-order chi connectivity index (χ1) is 19.7. The molecule has 0 unspecified atom stereocenters. The van der Waals surface area contributed by atoms with Crippen LogP contribution in [0.3, 0.4) is 0 Å². The number of carbonyl (C=O) groups excluding carboxylic acids is 3. The zero-order valence-electron chi connectivity index (χ0n) is 23.8. The first-order valence-electron chi connectivity index (χ1n) is 14.1. The van der Waals surface area contributed by atoms with Crippen molar-refractivity contribution >= 4 is 34.8 Å². The average Bonchev–Trinajstić information content (AvgIpc) is 3.43. The molecule has 3 amide bonds. The largest absolute Gasteiger partial charge is 0.345 e. The number of hydrazone groups is 1. The Bertz CT molecular complexity index is 1440. The van der Waals surface area contributed by atoms with Gasteiger partial charge in [-0.2, -0.15) is 5.10 Å². The van der Waals surface area contributed by atoms with Crippen molar-refractivity contribution in [2.24, 2.45) is 16.4 Å². The number of tetrazole rings is 1. The number of carbonyl (C=O) groups is 3. The average molecular weight is 557 g/mol. The van der Waals surface area contributed by atoms with E-state index in [9.17, 15) is 14.4 Å². The molecular formula is C30H36N8O3. The maximum absolute atomic E-state index is 14.0. The zero-order valence-corrected chi connectivity index (χ0v) is 23.8. The molecule has 41 heavy (non-hydrogen) atoms. The molecule has 0 bridgehead atoms. The molecule has 11 heteroatoms. The minimum Gasteiger partial charge on any atom is -0.324 e. The highest BCUT2D eigenvalue weighted by Gasteiger charge is 2.36. The lowest BCUT2D eigenvalue weighted by atomic mass is 9.83. The van der Waals surface area contributed by atoms with Crippen molar-refractivity contribution in [3.63, 3.8) is 0 Å². The number of Topliss-reactive ketones (excluding diaryl/α,β-unsaturated/α-hetero) is 1. The normalized spacial score (nSPS) is 16.2. The molecule has 3 aromatic rings. The molecule has 1 fully saturated rings. The summed E-state index contributed by atoms with van der Waals surface area (Å²) in [6.45, 7) is 5.12. The van der Waals surface area contributed by atoms with Crippen molar-refractivity contribution < 1.29 is 14.4 Å². The Labute approximate surface area is 239 Å². The first-order valence-corrected chi connectivity index (χ1v) is 14.1. The third-order valence-corrected chi connectivity index (χ3v) is 7.55. The second-order valence-corrected chi connectivity index (χ2v) is 11.7. The summed E-state index contributed by atoms with van der Waals surface area (Å²) in [5.74, 6) is 0.308. The molecule has 0 spiro atoms. The topological polar surface area (TPSA) is 137 Å². The van der Waals surface area contributed by atoms with Crippen molar-refractivity contribution in [1.82, 2.24) is 25.6 Å². The SMILES string of the molecule is CC(C)(C)C(=O)CN1C(=O)N(CC(=O)Nc2cccc(Cc3nnn[nH]3)c2)N=C(C2CCCCC2)c2ccccc21. The Morgan fingerprint density at radius 3 is 2.54 bits per heavy atom. The molecule has 2 heterocycles. The lowest BCUT2D eigenvalue weighted by molar-refractivity contribution is -0.124. The monoisotopic (exact) mass is 556 g/mol. The van der Waals surface area contributed by atoms with Gasteiger partial charge >= 0.3 is 6.03 Å². The van der Waals surface area contributed by atoms with E-state index in [1.54, 1.807) is 6.07 Å². The number of para-hydroxylation sites is 1. The van der Waals surface area contributed by atoms with E-state index in [4.69, 9.17) is 5.10 Å². The fraction of sp³-hybridized carbons (Fsp3) is 0.433.